The molecule has 2 aliphatic rings. The average molecular weight is 438 g/mol. The minimum atomic E-state index is -0.0682. The summed E-state index contributed by atoms with van der Waals surface area (Å²) < 4.78 is 12.2. The molecule has 1 aromatic heterocycles. The van der Waals surface area contributed by atoms with Crippen molar-refractivity contribution in [2.45, 2.75) is 26.9 Å². The summed E-state index contributed by atoms with van der Waals surface area (Å²) in [5.74, 6) is 1.71. The summed E-state index contributed by atoms with van der Waals surface area (Å²) in [4.78, 5) is 16.3. The summed E-state index contributed by atoms with van der Waals surface area (Å²) >= 11 is 7.93. The summed E-state index contributed by atoms with van der Waals surface area (Å²) in [6.45, 7) is 5.71. The van der Waals surface area contributed by atoms with Crippen LogP contribution in [0, 0.1) is 13.8 Å². The number of ketones is 1. The van der Waals surface area contributed by atoms with Gasteiger partial charge in [0.2, 0.25) is 5.78 Å². The number of carbonyl (C=O) groups is 1. The molecule has 0 aliphatic carbocycles. The number of thiophene rings is 1. The van der Waals surface area contributed by atoms with Gasteiger partial charge in [0, 0.05) is 29.1 Å². The second-order valence-electron chi connectivity index (χ2n) is 7.63. The molecule has 0 bridgehead atoms. The van der Waals surface area contributed by atoms with Crippen molar-refractivity contribution < 1.29 is 14.3 Å². The van der Waals surface area contributed by atoms with Crippen LogP contribution < -0.4 is 9.47 Å². The molecular formula is C24H20ClNO3S. The van der Waals surface area contributed by atoms with Crippen molar-refractivity contribution in [3.63, 3.8) is 0 Å². The van der Waals surface area contributed by atoms with Crippen LogP contribution in [0.2, 0.25) is 5.02 Å². The number of benzene rings is 2. The number of carbonyl (C=O) groups excluding carboxylic acids is 1. The molecule has 3 aromatic rings. The van der Waals surface area contributed by atoms with Crippen LogP contribution in [-0.2, 0) is 13.1 Å². The first-order chi connectivity index (χ1) is 14.5. The highest BCUT2D eigenvalue weighted by molar-refractivity contribution is 7.11. The molecule has 4 nitrogen and oxygen atoms in total. The Balaban J connectivity index is 1.48. The second-order valence-corrected chi connectivity index (χ2v) is 8.99. The Bertz CT molecular complexity index is 1200. The molecule has 0 saturated heterocycles. The van der Waals surface area contributed by atoms with E-state index in [9.17, 15) is 4.79 Å². The van der Waals surface area contributed by atoms with Gasteiger partial charge in [0.05, 0.1) is 11.1 Å². The molecule has 6 heteroatoms. The highest BCUT2D eigenvalue weighted by Crippen LogP contribution is 2.44. The number of fused-ring (bicyclic) bond motifs is 3. The number of ether oxygens (including phenoxy) is 2. The molecule has 0 saturated carbocycles. The Labute approximate surface area is 184 Å². The van der Waals surface area contributed by atoms with Crippen LogP contribution in [0.1, 0.15) is 37.5 Å². The molecule has 5 rings (SSSR count). The van der Waals surface area contributed by atoms with Gasteiger partial charge in [-0.15, -0.1) is 11.3 Å². The number of rotatable bonds is 3. The molecule has 3 heterocycles. The third-order valence-electron chi connectivity index (χ3n) is 5.50. The number of halogens is 1. The van der Waals surface area contributed by atoms with E-state index in [0.717, 1.165) is 37.9 Å². The lowest BCUT2D eigenvalue weighted by Gasteiger charge is -2.30. The van der Waals surface area contributed by atoms with Crippen LogP contribution in [-0.4, -0.2) is 17.4 Å². The lowest BCUT2D eigenvalue weighted by Crippen LogP contribution is -2.32. The van der Waals surface area contributed by atoms with Crippen molar-refractivity contribution in [2.75, 3.05) is 6.73 Å². The van der Waals surface area contributed by atoms with Gasteiger partial charge in [-0.25, -0.2) is 0 Å². The van der Waals surface area contributed by atoms with Gasteiger partial charge in [0.1, 0.15) is 18.2 Å². The van der Waals surface area contributed by atoms with E-state index in [-0.39, 0.29) is 5.78 Å². The second kappa shape index (κ2) is 7.58. The highest BCUT2D eigenvalue weighted by atomic mass is 35.5. The molecule has 152 valence electrons. The monoisotopic (exact) mass is 437 g/mol. The summed E-state index contributed by atoms with van der Waals surface area (Å²) in [7, 11) is 0. The van der Waals surface area contributed by atoms with E-state index in [4.69, 9.17) is 21.1 Å². The SMILES string of the molecule is Cc1ccsc1/C=C1\Oc2c3c(cc(C)c2C1=O)OCN(Cc1ccccc1Cl)C3. The van der Waals surface area contributed by atoms with Gasteiger partial charge in [-0.1, -0.05) is 29.8 Å². The smallest absolute Gasteiger partial charge is 0.232 e. The number of allylic oxidation sites excluding steroid dienone is 1. The highest BCUT2D eigenvalue weighted by Gasteiger charge is 2.35. The molecular weight excluding hydrogens is 418 g/mol. The molecule has 0 fully saturated rings. The topological polar surface area (TPSA) is 38.8 Å². The van der Waals surface area contributed by atoms with Crippen LogP contribution in [0.15, 0.2) is 47.5 Å². The Morgan fingerprint density at radius 2 is 2.03 bits per heavy atom. The number of aryl methyl sites for hydroxylation is 2. The van der Waals surface area contributed by atoms with Crippen LogP contribution in [0.5, 0.6) is 11.5 Å². The number of hydrogen-bond donors (Lipinski definition) is 0. The van der Waals surface area contributed by atoms with Gasteiger partial charge < -0.3 is 9.47 Å². The maximum absolute atomic E-state index is 13.1. The molecule has 0 amide bonds. The molecule has 0 N–H and O–H groups in total. The van der Waals surface area contributed by atoms with Gasteiger partial charge in [0.25, 0.3) is 0 Å². The Kier molecular flexibility index (Phi) is 4.89. The zero-order chi connectivity index (χ0) is 20.8. The van der Waals surface area contributed by atoms with E-state index >= 15 is 0 Å². The Morgan fingerprint density at radius 1 is 1.20 bits per heavy atom. The molecule has 2 aliphatic heterocycles. The summed E-state index contributed by atoms with van der Waals surface area (Å²) in [5, 5.41) is 2.75. The average Bonchev–Trinajstić information content (AvgIpc) is 3.28. The fraction of sp³-hybridized carbons (Fsp3) is 0.208. The zero-order valence-electron chi connectivity index (χ0n) is 16.7. The zero-order valence-corrected chi connectivity index (χ0v) is 18.3. The van der Waals surface area contributed by atoms with Crippen LogP contribution >= 0.6 is 22.9 Å². The molecule has 0 atom stereocenters. The maximum atomic E-state index is 13.1. The first-order valence-electron chi connectivity index (χ1n) is 9.74. The third kappa shape index (κ3) is 3.33. The van der Waals surface area contributed by atoms with Crippen molar-refractivity contribution in [3.05, 3.63) is 85.3 Å². The van der Waals surface area contributed by atoms with E-state index in [0.29, 0.717) is 36.9 Å². The molecule has 30 heavy (non-hydrogen) atoms. The maximum Gasteiger partial charge on any atom is 0.232 e. The van der Waals surface area contributed by atoms with Crippen molar-refractivity contribution in [2.24, 2.45) is 0 Å². The number of Topliss-reactive ketones (excluding diaryl/α,β-unsaturated/α-hetero) is 1. The van der Waals surface area contributed by atoms with Crippen LogP contribution in [0.25, 0.3) is 6.08 Å². The number of hydrogen-bond acceptors (Lipinski definition) is 5. The summed E-state index contributed by atoms with van der Waals surface area (Å²) in [6.07, 6.45) is 1.85. The first kappa shape index (κ1) is 19.4. The normalized spacial score (nSPS) is 16.9. The number of nitrogens with zero attached hydrogens (tertiary/aromatic N) is 1. The summed E-state index contributed by atoms with van der Waals surface area (Å²) in [6, 6.07) is 11.8. The Hall–Kier alpha value is -2.60. The van der Waals surface area contributed by atoms with E-state index in [1.807, 2.05) is 61.7 Å². The van der Waals surface area contributed by atoms with Gasteiger partial charge >= 0.3 is 0 Å². The molecule has 0 radical (unpaired) electrons. The predicted octanol–water partition coefficient (Wildman–Crippen LogP) is 5.99. The quantitative estimate of drug-likeness (QED) is 0.472. The van der Waals surface area contributed by atoms with Crippen LogP contribution in [0.4, 0.5) is 0 Å². The lowest BCUT2D eigenvalue weighted by atomic mass is 9.98. The first-order valence-corrected chi connectivity index (χ1v) is 11.0. The molecule has 0 unspecified atom stereocenters. The van der Waals surface area contributed by atoms with Crippen LogP contribution in [0.3, 0.4) is 0 Å². The van der Waals surface area contributed by atoms with Gasteiger partial charge in [-0.3, -0.25) is 9.69 Å². The van der Waals surface area contributed by atoms with Gasteiger partial charge in [0.15, 0.2) is 5.76 Å². The fourth-order valence-electron chi connectivity index (χ4n) is 3.90. The minimum Gasteiger partial charge on any atom is -0.478 e. The van der Waals surface area contributed by atoms with Crippen molar-refractivity contribution in [3.8, 4) is 11.5 Å². The summed E-state index contributed by atoms with van der Waals surface area (Å²) in [5.41, 5.74) is 4.60. The third-order valence-corrected chi connectivity index (χ3v) is 6.84. The van der Waals surface area contributed by atoms with E-state index in [2.05, 4.69) is 4.90 Å². The molecule has 2 aromatic carbocycles. The predicted molar refractivity (Wildman–Crippen MR) is 119 cm³/mol. The van der Waals surface area contributed by atoms with E-state index in [1.54, 1.807) is 11.3 Å². The van der Waals surface area contributed by atoms with Crippen molar-refractivity contribution in [1.82, 2.24) is 4.90 Å². The Morgan fingerprint density at radius 3 is 2.80 bits per heavy atom. The standard InChI is InChI=1S/C24H20ClNO3S/c1-14-7-8-30-21(14)10-20-23(27)22-15(2)9-19-17(24(22)29-20)12-26(13-28-19)11-16-5-3-4-6-18(16)25/h3-10H,11-13H2,1-2H3/b20-10-. The largest absolute Gasteiger partial charge is 0.478 e. The fourth-order valence-corrected chi connectivity index (χ4v) is 4.94. The van der Waals surface area contributed by atoms with Gasteiger partial charge in [-0.05, 0) is 54.1 Å². The van der Waals surface area contributed by atoms with E-state index in [1.165, 1.54) is 0 Å². The molecule has 0 spiro atoms. The lowest BCUT2D eigenvalue weighted by molar-refractivity contribution is 0.0872. The van der Waals surface area contributed by atoms with Crippen molar-refractivity contribution in [1.29, 1.82) is 0 Å². The van der Waals surface area contributed by atoms with Crippen molar-refractivity contribution >= 4 is 34.8 Å². The van der Waals surface area contributed by atoms with Gasteiger partial charge in [-0.2, -0.15) is 0 Å². The minimum absolute atomic E-state index is 0.0682. The van der Waals surface area contributed by atoms with E-state index < -0.39 is 0 Å².